The predicted molar refractivity (Wildman–Crippen MR) is 215 cm³/mol. The van der Waals surface area contributed by atoms with Crippen molar-refractivity contribution in [1.29, 1.82) is 0 Å². The van der Waals surface area contributed by atoms with Crippen molar-refractivity contribution >= 4 is 69.6 Å². The minimum absolute atomic E-state index is 0. The number of hydrogen-bond donors (Lipinski definition) is 0. The van der Waals surface area contributed by atoms with Gasteiger partial charge in [-0.1, -0.05) is 84.2 Å². The van der Waals surface area contributed by atoms with Gasteiger partial charge in [-0.3, -0.25) is 0 Å². The van der Waals surface area contributed by atoms with Gasteiger partial charge in [0.1, 0.15) is 0 Å². The molecule has 249 valence electrons. The van der Waals surface area contributed by atoms with Crippen LogP contribution < -0.4 is 0 Å². The summed E-state index contributed by atoms with van der Waals surface area (Å²) in [5, 5.41) is 7.40. The van der Waals surface area contributed by atoms with Gasteiger partial charge in [0.15, 0.2) is 0 Å². The van der Waals surface area contributed by atoms with Gasteiger partial charge in [0.25, 0.3) is 0 Å². The van der Waals surface area contributed by atoms with Gasteiger partial charge >= 0.3 is 0 Å². The first kappa shape index (κ1) is 28.9. The fourth-order valence-corrected chi connectivity index (χ4v) is 8.49. The second-order valence-electron chi connectivity index (χ2n) is 12.6. The van der Waals surface area contributed by atoms with Crippen LogP contribution in [0, 0.1) is 19.0 Å². The Morgan fingerprint density at radius 1 is 0.596 bits per heavy atom. The smallest absolute Gasteiger partial charge is 0.0524 e. The summed E-state index contributed by atoms with van der Waals surface area (Å²) in [6.45, 7) is -2.18. The van der Waals surface area contributed by atoms with Crippen molar-refractivity contribution in [2.24, 2.45) is 0 Å². The zero-order chi connectivity index (χ0) is 36.4. The topological polar surface area (TPSA) is 30.2 Å². The Kier molecular flexibility index (Phi) is 7.30. The monoisotopic (exact) mass is 863 g/mol. The van der Waals surface area contributed by atoms with Crippen LogP contribution in [0.3, 0.4) is 0 Å². The van der Waals surface area contributed by atoms with Crippen LogP contribution >= 0.6 is 11.3 Å². The zero-order valence-electron chi connectivity index (χ0n) is 30.6. The Labute approximate surface area is 322 Å². The van der Waals surface area contributed by atoms with E-state index < -0.39 is 6.85 Å². The average molecular weight is 863 g/mol. The third-order valence-corrected chi connectivity index (χ3v) is 10.7. The van der Waals surface area contributed by atoms with Crippen molar-refractivity contribution < 1.29 is 24.2 Å². The van der Waals surface area contributed by atoms with Gasteiger partial charge in [-0.05, 0) is 76.2 Å². The molecule has 11 aromatic rings. The first-order chi connectivity index (χ1) is 26.4. The van der Waals surface area contributed by atoms with Crippen LogP contribution in [0.15, 0.2) is 158 Å². The minimum Gasteiger partial charge on any atom is -0.350 e. The Morgan fingerprint density at radius 2 is 1.44 bits per heavy atom. The molecule has 3 nitrogen and oxygen atoms in total. The summed E-state index contributed by atoms with van der Waals surface area (Å²) in [5.41, 5.74) is 9.71. The summed E-state index contributed by atoms with van der Waals surface area (Å²) in [6.07, 6.45) is 3.24. The summed E-state index contributed by atoms with van der Waals surface area (Å²) in [6, 6.07) is 56.3. The third kappa shape index (κ3) is 5.29. The van der Waals surface area contributed by atoms with E-state index in [9.17, 15) is 0 Å². The molecular weight excluding hydrogens is 831 g/mol. The van der Waals surface area contributed by atoms with Gasteiger partial charge < -0.3 is 14.4 Å². The van der Waals surface area contributed by atoms with E-state index >= 15 is 0 Å². The van der Waals surface area contributed by atoms with E-state index in [1.165, 1.54) is 64.7 Å². The molecule has 1 radical (unpaired) electrons. The number of rotatable bonds is 3. The number of aromatic nitrogens is 3. The van der Waals surface area contributed by atoms with E-state index in [0.29, 0.717) is 5.69 Å². The number of para-hydroxylation sites is 1. The SMILES string of the molecule is [2H]C([2H])([2H])c1ccc(-c2[c-]cc3c(c2)c2c4c(cc5c6ccccc6n3c52)sc2ccc(-c3ccccc3)cc24)nc1.[Ir].[c-]1ccccc1-c1ccccn1. The quantitative estimate of drug-likeness (QED) is 0.166. The number of pyridine rings is 2. The van der Waals surface area contributed by atoms with Crippen molar-refractivity contribution in [3.8, 4) is 33.6 Å². The van der Waals surface area contributed by atoms with Crippen molar-refractivity contribution in [2.45, 2.75) is 6.85 Å². The average Bonchev–Trinajstić information content (AvgIpc) is 3.87. The second kappa shape index (κ2) is 13.1. The molecule has 11 rings (SSSR count). The molecule has 0 atom stereocenters. The summed E-state index contributed by atoms with van der Waals surface area (Å²) in [5.74, 6) is 0. The largest absolute Gasteiger partial charge is 0.350 e. The number of benzene rings is 6. The molecule has 0 saturated carbocycles. The van der Waals surface area contributed by atoms with Crippen molar-refractivity contribution in [1.82, 2.24) is 14.4 Å². The van der Waals surface area contributed by atoms with Crippen molar-refractivity contribution in [3.63, 3.8) is 0 Å². The summed E-state index contributed by atoms with van der Waals surface area (Å²) < 4.78 is 28.1. The van der Waals surface area contributed by atoms with E-state index in [-0.39, 0.29) is 25.7 Å². The van der Waals surface area contributed by atoms with E-state index in [1.807, 2.05) is 53.8 Å². The molecule has 5 heterocycles. The van der Waals surface area contributed by atoms with E-state index in [0.717, 1.165) is 27.7 Å². The number of nitrogens with zero attached hydrogens (tertiary/aromatic N) is 3. The molecule has 0 bridgehead atoms. The number of hydrogen-bond acceptors (Lipinski definition) is 3. The molecule has 0 aliphatic heterocycles. The molecule has 0 amide bonds. The molecule has 0 spiro atoms. The maximum absolute atomic E-state index is 7.72. The van der Waals surface area contributed by atoms with Crippen molar-refractivity contribution in [2.75, 3.05) is 0 Å². The van der Waals surface area contributed by atoms with Gasteiger partial charge in [0.2, 0.25) is 0 Å². The van der Waals surface area contributed by atoms with Crippen LogP contribution in [-0.2, 0) is 20.1 Å². The fourth-order valence-electron chi connectivity index (χ4n) is 7.35. The van der Waals surface area contributed by atoms with Crippen LogP contribution in [0.1, 0.15) is 9.68 Å². The van der Waals surface area contributed by atoms with Gasteiger partial charge in [-0.25, -0.2) is 0 Å². The van der Waals surface area contributed by atoms with Gasteiger partial charge in [0.05, 0.1) is 5.52 Å². The Bertz CT molecular complexity index is 3090. The van der Waals surface area contributed by atoms with Crippen LogP contribution in [-0.4, -0.2) is 14.4 Å². The molecule has 0 aliphatic carbocycles. The fraction of sp³-hybridized carbons (Fsp3) is 0.0213. The summed E-state index contributed by atoms with van der Waals surface area (Å²) >= 11 is 1.84. The molecule has 0 fully saturated rings. The molecule has 6 aromatic carbocycles. The molecule has 0 aliphatic rings. The zero-order valence-corrected chi connectivity index (χ0v) is 30.8. The first-order valence-electron chi connectivity index (χ1n) is 18.3. The predicted octanol–water partition coefficient (Wildman–Crippen LogP) is 12.6. The van der Waals surface area contributed by atoms with E-state index in [1.54, 1.807) is 18.3 Å². The number of thiophene rings is 1. The molecule has 0 N–H and O–H groups in total. The Morgan fingerprint density at radius 3 is 2.25 bits per heavy atom. The van der Waals surface area contributed by atoms with Crippen molar-refractivity contribution in [3.05, 3.63) is 176 Å². The molecular formula is C47H29IrN3S-2. The van der Waals surface area contributed by atoms with Gasteiger partial charge in [-0.2, -0.15) is 0 Å². The van der Waals surface area contributed by atoms with Crippen LogP contribution in [0.4, 0.5) is 0 Å². The van der Waals surface area contributed by atoms with Crippen LogP contribution in [0.25, 0.3) is 91.9 Å². The van der Waals surface area contributed by atoms with Gasteiger partial charge in [-0.15, -0.1) is 71.0 Å². The minimum atomic E-state index is -2.18. The van der Waals surface area contributed by atoms with E-state index in [2.05, 4.69) is 117 Å². The Hall–Kier alpha value is -5.71. The summed E-state index contributed by atoms with van der Waals surface area (Å²) in [4.78, 5) is 8.75. The summed E-state index contributed by atoms with van der Waals surface area (Å²) in [7, 11) is 0. The molecule has 5 aromatic heterocycles. The van der Waals surface area contributed by atoms with Crippen LogP contribution in [0.2, 0.25) is 0 Å². The van der Waals surface area contributed by atoms with Crippen LogP contribution in [0.5, 0.6) is 0 Å². The number of fused-ring (bicyclic) bond motifs is 10. The molecule has 52 heavy (non-hydrogen) atoms. The standard InChI is InChI=1S/C36H21N2S.C11H8N.Ir/c1-21-11-14-29(37-20-21)24-12-15-31-27(18-24)35-34-28-17-23(22-7-3-2-4-8-22)13-16-32(28)39-33(34)19-26-25-9-5-6-10-30(25)38(31)36(26)35;1-2-6-10(7-3-1)11-8-4-5-9-12-11;/h2-11,13-20H,1H3;1-6,8-9H;/q2*-1;/i1D3;;. The van der Waals surface area contributed by atoms with Gasteiger partial charge in [0, 0.05) is 73.1 Å². The maximum Gasteiger partial charge on any atom is 0.0524 e. The van der Waals surface area contributed by atoms with E-state index in [4.69, 9.17) is 4.11 Å². The second-order valence-corrected chi connectivity index (χ2v) is 13.7. The molecule has 0 saturated heterocycles. The first-order valence-corrected chi connectivity index (χ1v) is 17.6. The normalized spacial score (nSPS) is 12.5. The number of aryl methyl sites for hydroxylation is 1. The molecule has 5 heteroatoms. The third-order valence-electron chi connectivity index (χ3n) is 9.63. The Balaban J connectivity index is 0.000000261. The molecule has 0 unspecified atom stereocenters. The maximum atomic E-state index is 7.72.